The van der Waals surface area contributed by atoms with Gasteiger partial charge in [-0.05, 0) is 36.1 Å². The molecule has 7 heteroatoms. The van der Waals surface area contributed by atoms with Crippen LogP contribution in [0, 0.1) is 0 Å². The molecular weight excluding hydrogens is 350 g/mol. The lowest BCUT2D eigenvalue weighted by atomic mass is 10.1. The number of fused-ring (bicyclic) bond motifs is 3. The largest absolute Gasteiger partial charge is 0.383 e. The van der Waals surface area contributed by atoms with Gasteiger partial charge < -0.3 is 10.7 Å². The van der Waals surface area contributed by atoms with Crippen molar-refractivity contribution in [2.75, 3.05) is 5.73 Å². The molecule has 28 heavy (non-hydrogen) atoms. The van der Waals surface area contributed by atoms with Crippen LogP contribution in [0.4, 0.5) is 5.82 Å². The summed E-state index contributed by atoms with van der Waals surface area (Å²) >= 11 is 0. The molecule has 1 atom stereocenters. The molecule has 6 rings (SSSR count). The fourth-order valence-corrected chi connectivity index (χ4v) is 4.27. The Morgan fingerprint density at radius 2 is 2.04 bits per heavy atom. The number of aryl methyl sites for hydroxylation is 1. The van der Waals surface area contributed by atoms with E-state index in [1.165, 1.54) is 17.5 Å². The maximum absolute atomic E-state index is 6.26. The highest BCUT2D eigenvalue weighted by molar-refractivity contribution is 5.99. The number of rotatable bonds is 2. The van der Waals surface area contributed by atoms with E-state index in [4.69, 9.17) is 10.8 Å². The predicted octanol–water partition coefficient (Wildman–Crippen LogP) is 3.49. The Bertz CT molecular complexity index is 1350. The first-order valence-electron chi connectivity index (χ1n) is 9.29. The molecule has 5 aromatic rings. The van der Waals surface area contributed by atoms with Crippen molar-refractivity contribution < 1.29 is 0 Å². The van der Waals surface area contributed by atoms with E-state index in [0.717, 1.165) is 46.2 Å². The molecule has 0 saturated carbocycles. The molecule has 0 spiro atoms. The monoisotopic (exact) mass is 367 g/mol. The Kier molecular flexibility index (Phi) is 3.08. The second-order valence-electron chi connectivity index (χ2n) is 7.14. The Labute approximate surface area is 160 Å². The first-order valence-corrected chi connectivity index (χ1v) is 9.29. The van der Waals surface area contributed by atoms with Crippen molar-refractivity contribution in [2.45, 2.75) is 18.9 Å². The number of aromatic nitrogens is 6. The van der Waals surface area contributed by atoms with Gasteiger partial charge in [-0.15, -0.1) is 0 Å². The van der Waals surface area contributed by atoms with E-state index in [1.54, 1.807) is 0 Å². The molecule has 1 unspecified atom stereocenters. The summed E-state index contributed by atoms with van der Waals surface area (Å²) in [5.41, 5.74) is 12.2. The smallest absolute Gasteiger partial charge is 0.164 e. The number of hydrogen-bond acceptors (Lipinski definition) is 5. The second-order valence-corrected chi connectivity index (χ2v) is 7.14. The average molecular weight is 367 g/mol. The third-order valence-electron chi connectivity index (χ3n) is 5.59. The van der Waals surface area contributed by atoms with Crippen LogP contribution in [0.25, 0.3) is 33.3 Å². The van der Waals surface area contributed by atoms with Crippen molar-refractivity contribution in [3.63, 3.8) is 0 Å². The zero-order chi connectivity index (χ0) is 18.7. The van der Waals surface area contributed by atoms with Crippen molar-refractivity contribution in [3.8, 4) is 11.3 Å². The van der Waals surface area contributed by atoms with Crippen LogP contribution in [-0.2, 0) is 6.42 Å². The Hall–Kier alpha value is -3.74. The Morgan fingerprint density at radius 3 is 3.00 bits per heavy atom. The molecule has 3 N–H and O–H groups in total. The number of hydrogen-bond donors (Lipinski definition) is 2. The minimum Gasteiger partial charge on any atom is -0.383 e. The number of nitrogens with two attached hydrogens (primary N) is 1. The number of aromatic amines is 1. The minimum atomic E-state index is 0.144. The van der Waals surface area contributed by atoms with Gasteiger partial charge in [-0.2, -0.15) is 5.10 Å². The topological polar surface area (TPSA) is 98.3 Å². The molecule has 1 aliphatic rings. The number of nitrogen functional groups attached to an aromatic ring is 1. The van der Waals surface area contributed by atoms with Crippen LogP contribution < -0.4 is 5.73 Å². The van der Waals surface area contributed by atoms with Crippen molar-refractivity contribution >= 4 is 27.9 Å². The molecule has 0 radical (unpaired) electrons. The molecule has 1 aliphatic carbocycles. The van der Waals surface area contributed by atoms with Gasteiger partial charge in [0.25, 0.3) is 0 Å². The van der Waals surface area contributed by atoms with Crippen LogP contribution in [-0.4, -0.2) is 29.7 Å². The summed E-state index contributed by atoms with van der Waals surface area (Å²) in [5, 5.41) is 6.79. The van der Waals surface area contributed by atoms with Crippen LogP contribution in [0.1, 0.15) is 23.6 Å². The van der Waals surface area contributed by atoms with E-state index in [2.05, 4.69) is 50.3 Å². The average Bonchev–Trinajstić information content (AvgIpc) is 3.44. The van der Waals surface area contributed by atoms with Gasteiger partial charge >= 0.3 is 0 Å². The molecule has 0 saturated heterocycles. The molecule has 0 fully saturated rings. The van der Waals surface area contributed by atoms with E-state index in [1.807, 2.05) is 23.1 Å². The van der Waals surface area contributed by atoms with Gasteiger partial charge in [0.15, 0.2) is 5.65 Å². The van der Waals surface area contributed by atoms with E-state index in [0.29, 0.717) is 5.82 Å². The fraction of sp³-hybridized carbons (Fsp3) is 0.143. The van der Waals surface area contributed by atoms with Crippen molar-refractivity contribution in [3.05, 3.63) is 66.2 Å². The number of nitrogens with one attached hydrogen (secondary N) is 1. The van der Waals surface area contributed by atoms with E-state index < -0.39 is 0 Å². The molecule has 136 valence electrons. The molecule has 4 heterocycles. The highest BCUT2D eigenvalue weighted by Gasteiger charge is 2.28. The van der Waals surface area contributed by atoms with Gasteiger partial charge in [0.1, 0.15) is 23.5 Å². The van der Waals surface area contributed by atoms with Crippen molar-refractivity contribution in [2.24, 2.45) is 0 Å². The van der Waals surface area contributed by atoms with E-state index in [9.17, 15) is 0 Å². The maximum atomic E-state index is 6.26. The van der Waals surface area contributed by atoms with Crippen LogP contribution >= 0.6 is 0 Å². The third kappa shape index (κ3) is 2.10. The maximum Gasteiger partial charge on any atom is 0.164 e. The van der Waals surface area contributed by atoms with E-state index in [-0.39, 0.29) is 6.04 Å². The summed E-state index contributed by atoms with van der Waals surface area (Å²) in [4.78, 5) is 16.4. The molecule has 0 amide bonds. The lowest BCUT2D eigenvalue weighted by Gasteiger charge is -2.13. The highest BCUT2D eigenvalue weighted by atomic mass is 15.3. The summed E-state index contributed by atoms with van der Waals surface area (Å²) in [6.45, 7) is 0. The van der Waals surface area contributed by atoms with Gasteiger partial charge in [-0.3, -0.25) is 0 Å². The summed E-state index contributed by atoms with van der Waals surface area (Å²) in [6, 6.07) is 12.7. The molecule has 1 aromatic carbocycles. The van der Waals surface area contributed by atoms with E-state index >= 15 is 0 Å². The highest BCUT2D eigenvalue weighted by Crippen LogP contribution is 2.38. The lowest BCUT2D eigenvalue weighted by molar-refractivity contribution is 0.534. The number of anilines is 1. The lowest BCUT2D eigenvalue weighted by Crippen LogP contribution is -2.10. The summed E-state index contributed by atoms with van der Waals surface area (Å²) in [6.07, 6.45) is 7.24. The van der Waals surface area contributed by atoms with Gasteiger partial charge in [-0.25, -0.2) is 19.6 Å². The van der Waals surface area contributed by atoms with Crippen molar-refractivity contribution in [1.82, 2.24) is 29.7 Å². The zero-order valence-electron chi connectivity index (χ0n) is 15.0. The van der Waals surface area contributed by atoms with Crippen LogP contribution in [0.3, 0.4) is 0 Å². The number of nitrogens with zero attached hydrogens (tertiary/aromatic N) is 5. The van der Waals surface area contributed by atoms with Crippen LogP contribution in [0.2, 0.25) is 0 Å². The third-order valence-corrected chi connectivity index (χ3v) is 5.59. The van der Waals surface area contributed by atoms with Gasteiger partial charge in [0.2, 0.25) is 0 Å². The number of H-pyrrole nitrogens is 1. The Balaban J connectivity index is 1.61. The second kappa shape index (κ2) is 5.63. The molecule has 4 aromatic heterocycles. The fourth-order valence-electron chi connectivity index (χ4n) is 4.27. The van der Waals surface area contributed by atoms with Gasteiger partial charge in [0, 0.05) is 23.3 Å². The first kappa shape index (κ1) is 15.3. The Morgan fingerprint density at radius 1 is 1.11 bits per heavy atom. The van der Waals surface area contributed by atoms with Crippen LogP contribution in [0.15, 0.2) is 55.1 Å². The summed E-state index contributed by atoms with van der Waals surface area (Å²) < 4.78 is 2.01. The molecule has 0 bridgehead atoms. The quantitative estimate of drug-likeness (QED) is 0.498. The number of pyridine rings is 1. The van der Waals surface area contributed by atoms with Crippen molar-refractivity contribution in [1.29, 1.82) is 0 Å². The number of benzene rings is 1. The molecule has 0 aliphatic heterocycles. The minimum absolute atomic E-state index is 0.144. The molecular formula is C21H17N7. The van der Waals surface area contributed by atoms with Gasteiger partial charge in [0.05, 0.1) is 11.4 Å². The zero-order valence-corrected chi connectivity index (χ0v) is 15.0. The SMILES string of the molecule is Nc1ncnc2c1c(-c1cnc3[nH]ccc3c1)nn2C1CCc2ccccc21. The summed E-state index contributed by atoms with van der Waals surface area (Å²) in [7, 11) is 0. The normalized spacial score (nSPS) is 16.1. The summed E-state index contributed by atoms with van der Waals surface area (Å²) in [5.74, 6) is 0.437. The van der Waals surface area contributed by atoms with Gasteiger partial charge in [-0.1, -0.05) is 24.3 Å². The first-order chi connectivity index (χ1) is 13.8. The standard InChI is InChI=1S/C21H17N7/c22-19-17-18(14-9-13-7-8-23-20(13)24-10-14)27-28(21(17)26-11-25-19)16-6-5-12-3-1-2-4-15(12)16/h1-4,7-11,16H,5-6H2,(H,23,24)(H2,22,25,26). The predicted molar refractivity (Wildman–Crippen MR) is 108 cm³/mol. The molecule has 7 nitrogen and oxygen atoms in total. The van der Waals surface area contributed by atoms with Crippen LogP contribution in [0.5, 0.6) is 0 Å².